The van der Waals surface area contributed by atoms with Gasteiger partial charge in [0.2, 0.25) is 0 Å². The minimum absolute atomic E-state index is 0.0707. The first kappa shape index (κ1) is 18.8. The number of hydrogen-bond donors (Lipinski definition) is 0. The number of methoxy groups -OCH3 is 1. The van der Waals surface area contributed by atoms with Crippen LogP contribution >= 0.6 is 11.8 Å². The Labute approximate surface area is 158 Å². The largest absolute Gasteiger partial charge is 0.497 e. The van der Waals surface area contributed by atoms with Gasteiger partial charge < -0.3 is 9.47 Å². The van der Waals surface area contributed by atoms with Crippen molar-refractivity contribution >= 4 is 17.7 Å². The number of benzene rings is 1. The number of rotatable bonds is 7. The predicted octanol–water partition coefficient (Wildman–Crippen LogP) is 3.88. The van der Waals surface area contributed by atoms with Crippen molar-refractivity contribution < 1.29 is 14.3 Å². The highest BCUT2D eigenvalue weighted by atomic mass is 32.2. The summed E-state index contributed by atoms with van der Waals surface area (Å²) in [6.45, 7) is 2.17. The summed E-state index contributed by atoms with van der Waals surface area (Å²) in [5.41, 5.74) is 0.921. The topological polar surface area (TPSA) is 66.2 Å². The zero-order valence-corrected chi connectivity index (χ0v) is 16.1. The van der Waals surface area contributed by atoms with E-state index in [1.165, 1.54) is 18.2 Å². The summed E-state index contributed by atoms with van der Waals surface area (Å²) < 4.78 is 12.8. The van der Waals surface area contributed by atoms with Gasteiger partial charge in [-0.2, -0.15) is 0 Å². The van der Waals surface area contributed by atoms with Crippen LogP contribution in [0.3, 0.4) is 0 Å². The lowest BCUT2D eigenvalue weighted by Gasteiger charge is -2.30. The van der Waals surface area contributed by atoms with E-state index in [9.17, 15) is 4.79 Å². The lowest BCUT2D eigenvalue weighted by atomic mass is 9.85. The van der Waals surface area contributed by atoms with Gasteiger partial charge in [0.15, 0.2) is 5.16 Å². The van der Waals surface area contributed by atoms with Crippen LogP contribution in [0.1, 0.15) is 39.0 Å². The minimum Gasteiger partial charge on any atom is -0.497 e. The van der Waals surface area contributed by atoms with E-state index in [-0.39, 0.29) is 17.8 Å². The van der Waals surface area contributed by atoms with E-state index in [0.29, 0.717) is 11.1 Å². The first-order valence-electron chi connectivity index (χ1n) is 9.08. The molecule has 7 heteroatoms. The second-order valence-corrected chi connectivity index (χ2v) is 7.39. The zero-order chi connectivity index (χ0) is 18.4. The van der Waals surface area contributed by atoms with Crippen LogP contribution in [0.25, 0.3) is 5.69 Å². The van der Waals surface area contributed by atoms with Crippen LogP contribution < -0.4 is 4.74 Å². The number of nitrogens with zero attached hydrogens (tertiary/aromatic N) is 3. The summed E-state index contributed by atoms with van der Waals surface area (Å²) in [5.74, 6) is 1.35. The Morgan fingerprint density at radius 2 is 2.04 bits per heavy atom. The first-order chi connectivity index (χ1) is 12.7. The monoisotopic (exact) mass is 375 g/mol. The van der Waals surface area contributed by atoms with Gasteiger partial charge in [-0.05, 0) is 55.9 Å². The fourth-order valence-corrected chi connectivity index (χ4v) is 4.08. The molecule has 2 unspecified atom stereocenters. The standard InChI is InChI=1S/C19H25N3O3S/c1-3-14-6-4-5-7-17(14)25-18(23)12-26-19-21-20-13-22(19)15-8-10-16(24-2)11-9-15/h8-11,13-14,17H,3-7,12H2,1-2H3. The van der Waals surface area contributed by atoms with Gasteiger partial charge in [0, 0.05) is 5.69 Å². The second-order valence-electron chi connectivity index (χ2n) is 6.45. The highest BCUT2D eigenvalue weighted by Gasteiger charge is 2.27. The quantitative estimate of drug-likeness (QED) is 0.540. The van der Waals surface area contributed by atoms with E-state index < -0.39 is 0 Å². The maximum Gasteiger partial charge on any atom is 0.316 e. The normalized spacial score (nSPS) is 19.9. The lowest BCUT2D eigenvalue weighted by Crippen LogP contribution is -2.30. The van der Waals surface area contributed by atoms with Crippen molar-refractivity contribution in [2.75, 3.05) is 12.9 Å². The highest BCUT2D eigenvalue weighted by molar-refractivity contribution is 7.99. The average Bonchev–Trinajstić information content (AvgIpc) is 3.15. The Bertz CT molecular complexity index is 717. The predicted molar refractivity (Wildman–Crippen MR) is 101 cm³/mol. The number of esters is 1. The Morgan fingerprint density at radius 3 is 2.77 bits per heavy atom. The smallest absolute Gasteiger partial charge is 0.316 e. The summed E-state index contributed by atoms with van der Waals surface area (Å²) in [4.78, 5) is 12.3. The SMILES string of the molecule is CCC1CCCCC1OC(=O)CSc1nncn1-c1ccc(OC)cc1. The highest BCUT2D eigenvalue weighted by Crippen LogP contribution is 2.30. The summed E-state index contributed by atoms with van der Waals surface area (Å²) in [7, 11) is 1.64. The maximum absolute atomic E-state index is 12.3. The average molecular weight is 375 g/mol. The third-order valence-electron chi connectivity index (χ3n) is 4.83. The number of carbonyl (C=O) groups is 1. The fourth-order valence-electron chi connectivity index (χ4n) is 3.36. The summed E-state index contributed by atoms with van der Waals surface area (Å²) in [6, 6.07) is 7.62. The fraction of sp³-hybridized carbons (Fsp3) is 0.526. The maximum atomic E-state index is 12.3. The molecule has 6 nitrogen and oxygen atoms in total. The van der Waals surface area contributed by atoms with Gasteiger partial charge >= 0.3 is 5.97 Å². The summed E-state index contributed by atoms with van der Waals surface area (Å²) >= 11 is 1.35. The van der Waals surface area contributed by atoms with Crippen molar-refractivity contribution in [1.29, 1.82) is 0 Å². The van der Waals surface area contributed by atoms with Crippen LogP contribution in [0.5, 0.6) is 5.75 Å². The molecule has 3 rings (SSSR count). The number of thioether (sulfide) groups is 1. The Balaban J connectivity index is 1.58. The molecule has 0 bridgehead atoms. The van der Waals surface area contributed by atoms with Gasteiger partial charge in [0.1, 0.15) is 18.2 Å². The molecule has 1 aliphatic carbocycles. The van der Waals surface area contributed by atoms with Crippen LogP contribution in [0.15, 0.2) is 35.7 Å². The Kier molecular flexibility index (Phi) is 6.55. The summed E-state index contributed by atoms with van der Waals surface area (Å²) in [6.07, 6.45) is 7.31. The lowest BCUT2D eigenvalue weighted by molar-refractivity contribution is -0.150. The number of aromatic nitrogens is 3. The van der Waals surface area contributed by atoms with E-state index in [1.807, 2.05) is 28.8 Å². The van der Waals surface area contributed by atoms with E-state index in [2.05, 4.69) is 17.1 Å². The van der Waals surface area contributed by atoms with E-state index >= 15 is 0 Å². The molecule has 0 aliphatic heterocycles. The Hall–Kier alpha value is -2.02. The minimum atomic E-state index is -0.176. The number of ether oxygens (including phenoxy) is 2. The van der Waals surface area contributed by atoms with Gasteiger partial charge in [-0.1, -0.05) is 25.1 Å². The molecule has 140 valence electrons. The number of hydrogen-bond acceptors (Lipinski definition) is 6. The molecule has 0 radical (unpaired) electrons. The van der Waals surface area contributed by atoms with Crippen LogP contribution in [0, 0.1) is 5.92 Å². The van der Waals surface area contributed by atoms with Crippen LogP contribution in [-0.4, -0.2) is 39.7 Å². The molecule has 26 heavy (non-hydrogen) atoms. The molecule has 1 aromatic carbocycles. The molecule has 1 heterocycles. The van der Waals surface area contributed by atoms with E-state index in [1.54, 1.807) is 13.4 Å². The third kappa shape index (κ3) is 4.58. The van der Waals surface area contributed by atoms with Crippen molar-refractivity contribution in [2.45, 2.75) is 50.3 Å². The van der Waals surface area contributed by atoms with Gasteiger partial charge in [-0.15, -0.1) is 10.2 Å². The van der Waals surface area contributed by atoms with Crippen molar-refractivity contribution in [3.8, 4) is 11.4 Å². The van der Waals surface area contributed by atoms with Crippen molar-refractivity contribution in [3.63, 3.8) is 0 Å². The molecule has 1 aromatic heterocycles. The van der Waals surface area contributed by atoms with Gasteiger partial charge in [-0.25, -0.2) is 0 Å². The molecule has 1 fully saturated rings. The van der Waals surface area contributed by atoms with Crippen LogP contribution in [0.4, 0.5) is 0 Å². The van der Waals surface area contributed by atoms with E-state index in [4.69, 9.17) is 9.47 Å². The Morgan fingerprint density at radius 1 is 1.27 bits per heavy atom. The first-order valence-corrected chi connectivity index (χ1v) is 10.1. The third-order valence-corrected chi connectivity index (χ3v) is 5.75. The molecule has 2 atom stereocenters. The zero-order valence-electron chi connectivity index (χ0n) is 15.3. The van der Waals surface area contributed by atoms with Gasteiger partial charge in [0.25, 0.3) is 0 Å². The van der Waals surface area contributed by atoms with E-state index in [0.717, 1.165) is 37.1 Å². The van der Waals surface area contributed by atoms with Crippen molar-refractivity contribution in [2.24, 2.45) is 5.92 Å². The molecular weight excluding hydrogens is 350 g/mol. The molecule has 1 saturated carbocycles. The molecule has 1 aliphatic rings. The molecule has 0 saturated heterocycles. The van der Waals surface area contributed by atoms with Gasteiger partial charge in [-0.3, -0.25) is 9.36 Å². The molecule has 2 aromatic rings. The molecule has 0 spiro atoms. The number of carbonyl (C=O) groups excluding carboxylic acids is 1. The van der Waals surface area contributed by atoms with Gasteiger partial charge in [0.05, 0.1) is 12.9 Å². The second kappa shape index (κ2) is 9.07. The van der Waals surface area contributed by atoms with Crippen molar-refractivity contribution in [3.05, 3.63) is 30.6 Å². The summed E-state index contributed by atoms with van der Waals surface area (Å²) in [5, 5.41) is 8.76. The van der Waals surface area contributed by atoms with Crippen LogP contribution in [-0.2, 0) is 9.53 Å². The molecule has 0 amide bonds. The van der Waals surface area contributed by atoms with Crippen LogP contribution in [0.2, 0.25) is 0 Å². The molecular formula is C19H25N3O3S. The molecule has 0 N–H and O–H groups in total. The van der Waals surface area contributed by atoms with Crippen molar-refractivity contribution in [1.82, 2.24) is 14.8 Å².